The third-order valence-electron chi connectivity index (χ3n) is 13.5. The van der Waals surface area contributed by atoms with Crippen molar-refractivity contribution in [2.75, 3.05) is 34.5 Å². The van der Waals surface area contributed by atoms with E-state index in [1.54, 1.807) is 0 Å². The smallest absolute Gasteiger partial charge is 0.0990 e. The highest BCUT2D eigenvalue weighted by Gasteiger charge is 2.83. The minimum absolute atomic E-state index is 0.154. The summed E-state index contributed by atoms with van der Waals surface area (Å²) in [5, 5.41) is 11.5. The van der Waals surface area contributed by atoms with Gasteiger partial charge in [-0.2, -0.15) is 0 Å². The summed E-state index contributed by atoms with van der Waals surface area (Å²) in [5.74, 6) is 2.01. The minimum Gasteiger partial charge on any atom is -0.393 e. The zero-order valence-corrected chi connectivity index (χ0v) is 21.8. The van der Waals surface area contributed by atoms with Crippen LogP contribution in [0.4, 0.5) is 0 Å². The second-order valence-corrected chi connectivity index (χ2v) is 14.3. The van der Waals surface area contributed by atoms with Crippen LogP contribution < -0.4 is 0 Å². The van der Waals surface area contributed by atoms with Gasteiger partial charge in [-0.15, -0.1) is 0 Å². The molecular weight excluding hydrogens is 396 g/mol. The number of hydrogen-bond donors (Lipinski definition) is 1. The highest BCUT2D eigenvalue weighted by Crippen LogP contribution is 2.89. The molecule has 6 rings (SSSR count). The first-order chi connectivity index (χ1) is 15.0. The van der Waals surface area contributed by atoms with Gasteiger partial charge in [0.1, 0.15) is 0 Å². The maximum Gasteiger partial charge on any atom is 0.0990 e. The Morgan fingerprint density at radius 1 is 0.969 bits per heavy atom. The molecule has 0 bridgehead atoms. The molecule has 0 aromatic rings. The quantitative estimate of drug-likeness (QED) is 0.674. The Labute approximate surface area is 196 Å². The van der Waals surface area contributed by atoms with Crippen LogP contribution in [0.1, 0.15) is 79.1 Å². The Hall–Kier alpha value is -0.160. The molecule has 1 saturated heterocycles. The van der Waals surface area contributed by atoms with Crippen LogP contribution in [0.2, 0.25) is 0 Å². The lowest BCUT2D eigenvalue weighted by Gasteiger charge is -2.65. The van der Waals surface area contributed by atoms with E-state index in [2.05, 4.69) is 58.6 Å². The van der Waals surface area contributed by atoms with Crippen LogP contribution in [0.5, 0.6) is 0 Å². The maximum atomic E-state index is 11.5. The molecule has 32 heavy (non-hydrogen) atoms. The molecule has 0 aromatic carbocycles. The molecule has 1 heterocycles. The summed E-state index contributed by atoms with van der Waals surface area (Å²) in [6, 6.07) is 1.13. The summed E-state index contributed by atoms with van der Waals surface area (Å²) < 4.78 is 6.17. The van der Waals surface area contributed by atoms with Gasteiger partial charge >= 0.3 is 0 Å². The van der Waals surface area contributed by atoms with Crippen LogP contribution in [-0.2, 0) is 4.74 Å². The van der Waals surface area contributed by atoms with Gasteiger partial charge in [0.25, 0.3) is 0 Å². The first-order valence-electron chi connectivity index (χ1n) is 13.6. The fourth-order valence-corrected chi connectivity index (χ4v) is 11.9. The molecule has 1 aliphatic heterocycles. The van der Waals surface area contributed by atoms with E-state index in [0.29, 0.717) is 34.2 Å². The summed E-state index contributed by atoms with van der Waals surface area (Å²) in [5.41, 5.74) is 1.94. The number of fused-ring (bicyclic) bond motifs is 4. The summed E-state index contributed by atoms with van der Waals surface area (Å²) in [7, 11) is 6.68. The van der Waals surface area contributed by atoms with E-state index in [4.69, 9.17) is 4.74 Å². The largest absolute Gasteiger partial charge is 0.393 e. The molecule has 6 fully saturated rings. The Morgan fingerprint density at radius 3 is 2.38 bits per heavy atom. The van der Waals surface area contributed by atoms with Gasteiger partial charge in [0.2, 0.25) is 0 Å². The summed E-state index contributed by atoms with van der Waals surface area (Å²) in [6.45, 7) is 11.9. The van der Waals surface area contributed by atoms with Crippen molar-refractivity contribution in [3.05, 3.63) is 0 Å². The molecule has 182 valence electrons. The van der Waals surface area contributed by atoms with Crippen LogP contribution in [0.3, 0.4) is 0 Å². The highest BCUT2D eigenvalue weighted by molar-refractivity contribution is 5.32. The van der Waals surface area contributed by atoms with E-state index < -0.39 is 0 Å². The predicted molar refractivity (Wildman–Crippen MR) is 128 cm³/mol. The summed E-state index contributed by atoms with van der Waals surface area (Å²) in [4.78, 5) is 4.86. The average molecular weight is 445 g/mol. The van der Waals surface area contributed by atoms with Crippen molar-refractivity contribution in [1.82, 2.24) is 9.80 Å². The second kappa shape index (κ2) is 6.53. The van der Waals surface area contributed by atoms with Crippen molar-refractivity contribution < 1.29 is 9.84 Å². The van der Waals surface area contributed by atoms with Gasteiger partial charge in [0.05, 0.1) is 19.4 Å². The molecule has 4 nitrogen and oxygen atoms in total. The van der Waals surface area contributed by atoms with Crippen molar-refractivity contribution in [3.63, 3.8) is 0 Å². The monoisotopic (exact) mass is 444 g/mol. The SMILES string of the molecule is C[C@@H]([C@H]1[C@H](O)C[C@@]2(C)[C@@H]3CC[C@@H]4[C@@]5(CCC6N(C)COC[C@@]64C)C[C@@]35CC[C@]12C)N(C)C. The number of ether oxygens (including phenoxy) is 1. The zero-order valence-electron chi connectivity index (χ0n) is 21.8. The van der Waals surface area contributed by atoms with Gasteiger partial charge in [-0.1, -0.05) is 20.8 Å². The topological polar surface area (TPSA) is 35.9 Å². The standard InChI is InChI=1S/C28H48N2O2/c1-18(29(5)6)23-19(31)14-26(4)21-9-8-20-24(2)16-32-17-30(7)22(24)10-11-27(20)15-28(21,27)13-12-25(23,26)3/h18-23,31H,8-17H2,1-7H3/t18-,19+,20-,21-,22?,23-,24+,25+,26-,27+,28-/m0/s1. The van der Waals surface area contributed by atoms with Gasteiger partial charge in [-0.3, -0.25) is 4.90 Å². The molecule has 0 aromatic heterocycles. The molecule has 6 aliphatic rings. The van der Waals surface area contributed by atoms with Crippen molar-refractivity contribution in [2.45, 2.75) is 97.2 Å². The molecule has 1 N–H and O–H groups in total. The van der Waals surface area contributed by atoms with E-state index >= 15 is 0 Å². The van der Waals surface area contributed by atoms with Crippen molar-refractivity contribution in [2.24, 2.45) is 44.8 Å². The third-order valence-corrected chi connectivity index (χ3v) is 13.5. The van der Waals surface area contributed by atoms with E-state index in [-0.39, 0.29) is 16.9 Å². The summed E-state index contributed by atoms with van der Waals surface area (Å²) >= 11 is 0. The molecule has 4 heteroatoms. The first kappa shape index (κ1) is 22.3. The van der Waals surface area contributed by atoms with E-state index in [9.17, 15) is 5.11 Å². The second-order valence-electron chi connectivity index (χ2n) is 14.3. The number of aliphatic hydroxyl groups excluding tert-OH is 1. The van der Waals surface area contributed by atoms with Crippen LogP contribution in [0.15, 0.2) is 0 Å². The fraction of sp³-hybridized carbons (Fsp3) is 1.00. The first-order valence-corrected chi connectivity index (χ1v) is 13.6. The lowest BCUT2D eigenvalue weighted by molar-refractivity contribution is -0.202. The number of aliphatic hydroxyl groups is 1. The number of rotatable bonds is 2. The Kier molecular flexibility index (Phi) is 4.55. The van der Waals surface area contributed by atoms with Gasteiger partial charge < -0.3 is 14.7 Å². The van der Waals surface area contributed by atoms with Crippen LogP contribution in [0.25, 0.3) is 0 Å². The molecule has 5 aliphatic carbocycles. The number of hydrogen-bond acceptors (Lipinski definition) is 4. The number of nitrogens with zero attached hydrogens (tertiary/aromatic N) is 2. The van der Waals surface area contributed by atoms with Gasteiger partial charge in [-0.25, -0.2) is 0 Å². The molecule has 0 amide bonds. The highest BCUT2D eigenvalue weighted by atomic mass is 16.5. The van der Waals surface area contributed by atoms with Gasteiger partial charge in [0, 0.05) is 23.4 Å². The van der Waals surface area contributed by atoms with Gasteiger partial charge in [0.15, 0.2) is 0 Å². The maximum absolute atomic E-state index is 11.5. The molecule has 2 spiro atoms. The van der Waals surface area contributed by atoms with Gasteiger partial charge in [-0.05, 0) is 113 Å². The predicted octanol–water partition coefficient (Wildman–Crippen LogP) is 4.61. The molecular formula is C28H48N2O2. The molecule has 0 radical (unpaired) electrons. The summed E-state index contributed by atoms with van der Waals surface area (Å²) in [6.07, 6.45) is 10.6. The lowest BCUT2D eigenvalue weighted by Crippen LogP contribution is -2.63. The Balaban J connectivity index is 1.36. The third kappa shape index (κ3) is 2.30. The minimum atomic E-state index is -0.154. The molecule has 5 saturated carbocycles. The zero-order chi connectivity index (χ0) is 22.9. The van der Waals surface area contributed by atoms with Crippen molar-refractivity contribution in [3.8, 4) is 0 Å². The lowest BCUT2D eigenvalue weighted by atomic mass is 9.41. The van der Waals surface area contributed by atoms with E-state index in [1.807, 2.05) is 0 Å². The van der Waals surface area contributed by atoms with E-state index in [0.717, 1.165) is 31.6 Å². The average Bonchev–Trinajstić information content (AvgIpc) is 3.32. The fourth-order valence-electron chi connectivity index (χ4n) is 11.9. The van der Waals surface area contributed by atoms with Crippen LogP contribution in [0, 0.1) is 44.8 Å². The van der Waals surface area contributed by atoms with Crippen LogP contribution in [-0.4, -0.2) is 67.6 Å². The Bertz CT molecular complexity index is 802. The van der Waals surface area contributed by atoms with Crippen molar-refractivity contribution in [1.29, 1.82) is 0 Å². The van der Waals surface area contributed by atoms with E-state index in [1.165, 1.54) is 44.9 Å². The van der Waals surface area contributed by atoms with Crippen molar-refractivity contribution >= 4 is 0 Å². The Morgan fingerprint density at radius 2 is 1.66 bits per heavy atom. The molecule has 11 atom stereocenters. The van der Waals surface area contributed by atoms with Crippen LogP contribution >= 0.6 is 0 Å². The normalized spacial score (nSPS) is 60.1. The molecule has 1 unspecified atom stereocenters.